The summed E-state index contributed by atoms with van der Waals surface area (Å²) in [5.74, 6) is -2.26. The predicted octanol–water partition coefficient (Wildman–Crippen LogP) is 2.10. The van der Waals surface area contributed by atoms with Crippen molar-refractivity contribution in [2.24, 2.45) is 5.92 Å². The van der Waals surface area contributed by atoms with Gasteiger partial charge >= 0.3 is 12.1 Å². The SMILES string of the molecule is CC(C)(C)OC(=O)N[C@@H]1CCCCC/C=C\[C@@H]2C[C@]2(C(=O)O)NC(=O)[C@@H]2C[C@H](N3NNC(C4CCC(Br)S4)N3)CN2C1=O. The molecule has 4 fully saturated rings. The summed E-state index contributed by atoms with van der Waals surface area (Å²) in [6.45, 7) is 5.48. The van der Waals surface area contributed by atoms with E-state index in [0.717, 1.165) is 32.1 Å². The second-order valence-electron chi connectivity index (χ2n) is 13.1. The molecule has 4 heterocycles. The van der Waals surface area contributed by atoms with E-state index in [1.54, 1.807) is 20.8 Å². The van der Waals surface area contributed by atoms with Crippen LogP contribution in [0.15, 0.2) is 12.2 Å². The van der Waals surface area contributed by atoms with Gasteiger partial charge in [0.1, 0.15) is 23.2 Å². The zero-order valence-corrected chi connectivity index (χ0v) is 27.3. The van der Waals surface area contributed by atoms with E-state index in [2.05, 4.69) is 42.9 Å². The number of carbonyl (C=O) groups is 4. The molecule has 1 aliphatic carbocycles. The quantitative estimate of drug-likeness (QED) is 0.190. The molecule has 5 rings (SSSR count). The molecule has 43 heavy (non-hydrogen) atoms. The lowest BCUT2D eigenvalue weighted by atomic mass is 10.0. The maximum absolute atomic E-state index is 14.2. The number of carboxylic acid groups (broad SMARTS) is 1. The third-order valence-electron chi connectivity index (χ3n) is 8.68. The van der Waals surface area contributed by atoms with Gasteiger partial charge in [-0.3, -0.25) is 9.59 Å². The maximum atomic E-state index is 14.2. The Morgan fingerprint density at radius 2 is 1.98 bits per heavy atom. The molecule has 0 radical (unpaired) electrons. The maximum Gasteiger partial charge on any atom is 0.408 e. The van der Waals surface area contributed by atoms with Gasteiger partial charge in [-0.2, -0.15) is 10.7 Å². The number of carbonyl (C=O) groups excluding carboxylic acids is 3. The van der Waals surface area contributed by atoms with Crippen molar-refractivity contribution in [3.05, 3.63) is 12.2 Å². The van der Waals surface area contributed by atoms with Gasteiger partial charge in [-0.15, -0.1) is 11.8 Å². The molecular formula is C28H44BrN7O6S. The number of aliphatic carboxylic acids is 1. The Bertz CT molecular complexity index is 1120. The van der Waals surface area contributed by atoms with Crippen molar-refractivity contribution >= 4 is 51.6 Å². The number of allylic oxidation sites excluding steroid dienone is 1. The van der Waals surface area contributed by atoms with E-state index in [1.165, 1.54) is 4.90 Å². The predicted molar refractivity (Wildman–Crippen MR) is 164 cm³/mol. The van der Waals surface area contributed by atoms with Crippen LogP contribution in [0.25, 0.3) is 0 Å². The van der Waals surface area contributed by atoms with Crippen molar-refractivity contribution in [3.8, 4) is 0 Å². The van der Waals surface area contributed by atoms with Crippen LogP contribution in [-0.4, -0.2) is 90.4 Å². The van der Waals surface area contributed by atoms with Gasteiger partial charge in [-0.05, 0) is 65.7 Å². The van der Waals surface area contributed by atoms with E-state index < -0.39 is 41.2 Å². The van der Waals surface area contributed by atoms with Crippen molar-refractivity contribution in [2.45, 2.75) is 123 Å². The number of thioether (sulfide) groups is 1. The summed E-state index contributed by atoms with van der Waals surface area (Å²) in [4.78, 5) is 54.6. The molecule has 0 spiro atoms. The highest BCUT2D eigenvalue weighted by Crippen LogP contribution is 2.45. The summed E-state index contributed by atoms with van der Waals surface area (Å²) < 4.78 is 5.86. The van der Waals surface area contributed by atoms with Gasteiger partial charge < -0.3 is 25.4 Å². The van der Waals surface area contributed by atoms with Gasteiger partial charge in [0.05, 0.1) is 16.4 Å². The fourth-order valence-corrected chi connectivity index (χ4v) is 8.61. The number of hydrogen-bond donors (Lipinski definition) is 6. The normalized spacial score (nSPS) is 38.3. The van der Waals surface area contributed by atoms with E-state index >= 15 is 0 Å². The number of alkyl halides is 1. The molecule has 0 aromatic carbocycles. The third kappa shape index (κ3) is 7.67. The minimum absolute atomic E-state index is 0.0361. The Kier molecular flexibility index (Phi) is 9.98. The Labute approximate surface area is 265 Å². The molecule has 6 N–H and O–H groups in total. The number of amides is 3. The molecule has 0 aromatic heterocycles. The van der Waals surface area contributed by atoms with Gasteiger partial charge in [0, 0.05) is 17.7 Å². The number of ether oxygens (including phenoxy) is 1. The number of rotatable bonds is 4. The Morgan fingerprint density at radius 1 is 1.19 bits per heavy atom. The Balaban J connectivity index is 1.37. The molecule has 8 atom stereocenters. The average molecular weight is 687 g/mol. The summed E-state index contributed by atoms with van der Waals surface area (Å²) in [5.41, 5.74) is 7.79. The fraction of sp³-hybridized carbons (Fsp3) is 0.786. The summed E-state index contributed by atoms with van der Waals surface area (Å²) in [5, 5.41) is 17.8. The largest absolute Gasteiger partial charge is 0.479 e. The molecule has 0 aromatic rings. The number of nitrogens with zero attached hydrogens (tertiary/aromatic N) is 2. The van der Waals surface area contributed by atoms with E-state index in [9.17, 15) is 24.3 Å². The van der Waals surface area contributed by atoms with Crippen molar-refractivity contribution in [1.29, 1.82) is 0 Å². The zero-order valence-electron chi connectivity index (χ0n) is 24.9. The van der Waals surface area contributed by atoms with Crippen LogP contribution in [0, 0.1) is 5.92 Å². The highest BCUT2D eigenvalue weighted by atomic mass is 79.9. The van der Waals surface area contributed by atoms with E-state index in [0.29, 0.717) is 28.7 Å². The summed E-state index contributed by atoms with van der Waals surface area (Å²) >= 11 is 5.52. The van der Waals surface area contributed by atoms with Crippen LogP contribution >= 0.6 is 27.7 Å². The van der Waals surface area contributed by atoms with E-state index in [4.69, 9.17) is 4.74 Å². The molecule has 4 aliphatic heterocycles. The van der Waals surface area contributed by atoms with Crippen molar-refractivity contribution in [1.82, 2.24) is 37.0 Å². The number of carboxylic acids is 1. The van der Waals surface area contributed by atoms with Gasteiger partial charge in [-0.25, -0.2) is 20.4 Å². The van der Waals surface area contributed by atoms with Crippen LogP contribution in [0.3, 0.4) is 0 Å². The molecule has 1 saturated carbocycles. The molecule has 3 saturated heterocycles. The first-order valence-electron chi connectivity index (χ1n) is 15.2. The highest BCUT2D eigenvalue weighted by molar-refractivity contribution is 9.11. The first kappa shape index (κ1) is 32.5. The van der Waals surface area contributed by atoms with Crippen LogP contribution < -0.4 is 27.0 Å². The number of halogens is 1. The third-order valence-corrected chi connectivity index (χ3v) is 11.2. The first-order valence-corrected chi connectivity index (χ1v) is 17.1. The van der Waals surface area contributed by atoms with Gasteiger partial charge in [-0.1, -0.05) is 40.9 Å². The van der Waals surface area contributed by atoms with E-state index in [-0.39, 0.29) is 37.0 Å². The topological polar surface area (TPSA) is 164 Å². The van der Waals surface area contributed by atoms with Gasteiger partial charge in [0.15, 0.2) is 0 Å². The smallest absolute Gasteiger partial charge is 0.408 e. The van der Waals surface area contributed by atoms with Gasteiger partial charge in [0.25, 0.3) is 0 Å². The fourth-order valence-electron chi connectivity index (χ4n) is 6.31. The number of alkyl carbamates (subject to hydrolysis) is 1. The minimum Gasteiger partial charge on any atom is -0.479 e. The Morgan fingerprint density at radius 3 is 2.67 bits per heavy atom. The lowest BCUT2D eigenvalue weighted by Crippen LogP contribution is -2.56. The van der Waals surface area contributed by atoms with Gasteiger partial charge in [0.2, 0.25) is 11.8 Å². The number of nitrogens with one attached hydrogen (secondary N) is 5. The molecular weight excluding hydrogens is 642 g/mol. The highest BCUT2D eigenvalue weighted by Gasteiger charge is 2.61. The minimum atomic E-state index is -1.38. The van der Waals surface area contributed by atoms with Crippen molar-refractivity contribution < 1.29 is 29.0 Å². The van der Waals surface area contributed by atoms with Crippen molar-refractivity contribution in [2.75, 3.05) is 6.54 Å². The van der Waals surface area contributed by atoms with Crippen LogP contribution in [0.2, 0.25) is 0 Å². The monoisotopic (exact) mass is 685 g/mol. The molecule has 3 unspecified atom stereocenters. The first-order chi connectivity index (χ1) is 20.4. The summed E-state index contributed by atoms with van der Waals surface area (Å²) in [7, 11) is 0. The van der Waals surface area contributed by atoms with Crippen LogP contribution in [0.1, 0.15) is 78.6 Å². The summed E-state index contributed by atoms with van der Waals surface area (Å²) in [6, 6.07) is -2.09. The number of hydrazine groups is 3. The standard InChI is InChI=1S/C28H44BrN7O6S/c1-27(2,3)42-26(41)30-18-10-8-6-4-5-7-9-16-14-28(16,25(39)40)31-23(37)19-13-17(15-35(19)24(18)38)36-33-22(32-34-36)20-11-12-21(29)43-20/h7,9,16-22,32-34H,4-6,8,10-15H2,1-3H3,(H,30,41)(H,31,37)(H,39,40)/b9-7-/t16-,17+,18-,19+,20?,21?,22?,28+/m1/s1. The molecule has 5 aliphatic rings. The second-order valence-corrected chi connectivity index (χ2v) is 16.3. The number of fused-ring (bicyclic) bond motifs is 2. The lowest BCUT2D eigenvalue weighted by molar-refractivity contribution is -0.145. The van der Waals surface area contributed by atoms with E-state index in [1.807, 2.05) is 29.0 Å². The zero-order chi connectivity index (χ0) is 30.9. The molecule has 240 valence electrons. The lowest BCUT2D eigenvalue weighted by Gasteiger charge is -2.30. The molecule has 0 bridgehead atoms. The molecule has 15 heteroatoms. The summed E-state index contributed by atoms with van der Waals surface area (Å²) in [6.07, 6.45) is 9.41. The van der Waals surface area contributed by atoms with Crippen LogP contribution in [-0.2, 0) is 19.1 Å². The van der Waals surface area contributed by atoms with Crippen LogP contribution in [0.4, 0.5) is 4.79 Å². The average Bonchev–Trinajstić information content (AvgIpc) is 3.35. The second kappa shape index (κ2) is 13.2. The molecule has 13 nitrogen and oxygen atoms in total. The van der Waals surface area contributed by atoms with Crippen LogP contribution in [0.5, 0.6) is 0 Å². The number of hydrogen-bond acceptors (Lipinski definition) is 10. The molecule has 3 amide bonds. The Hall–Kier alpha value is -1.91. The van der Waals surface area contributed by atoms with Crippen molar-refractivity contribution in [3.63, 3.8) is 0 Å².